The van der Waals surface area contributed by atoms with Crippen LogP contribution in [0.5, 0.6) is 5.75 Å². The first-order valence-electron chi connectivity index (χ1n) is 11.1. The molecule has 4 atom stereocenters. The minimum Gasteiger partial charge on any atom is -0.491 e. The van der Waals surface area contributed by atoms with Gasteiger partial charge in [0.2, 0.25) is 10.0 Å². The third kappa shape index (κ3) is 3.27. The summed E-state index contributed by atoms with van der Waals surface area (Å²) in [6.45, 7) is 1.25. The maximum absolute atomic E-state index is 14.3. The lowest BCUT2D eigenvalue weighted by atomic mass is 9.44. The zero-order valence-corrected chi connectivity index (χ0v) is 19.4. The predicted octanol–water partition coefficient (Wildman–Crippen LogP) is 2.69. The van der Waals surface area contributed by atoms with Crippen molar-refractivity contribution in [1.29, 1.82) is 0 Å². The van der Waals surface area contributed by atoms with E-state index in [-0.39, 0.29) is 35.5 Å². The Morgan fingerprint density at radius 3 is 2.53 bits per heavy atom. The summed E-state index contributed by atoms with van der Waals surface area (Å²) in [6.07, 6.45) is 4.76. The summed E-state index contributed by atoms with van der Waals surface area (Å²) in [7, 11) is -3.49. The van der Waals surface area contributed by atoms with Crippen LogP contribution in [-0.4, -0.2) is 54.8 Å². The molecule has 1 amide bonds. The van der Waals surface area contributed by atoms with E-state index in [1.807, 2.05) is 0 Å². The second kappa shape index (κ2) is 7.29. The highest BCUT2D eigenvalue weighted by Crippen LogP contribution is 2.69. The van der Waals surface area contributed by atoms with Crippen LogP contribution in [0.15, 0.2) is 12.1 Å². The van der Waals surface area contributed by atoms with Gasteiger partial charge in [0.1, 0.15) is 11.6 Å². The number of primary amides is 1. The van der Waals surface area contributed by atoms with Crippen molar-refractivity contribution in [2.75, 3.05) is 26.3 Å². The number of rotatable bonds is 7. The Labute approximate surface area is 192 Å². The van der Waals surface area contributed by atoms with Gasteiger partial charge in [-0.1, -0.05) is 11.6 Å². The molecule has 4 aliphatic carbocycles. The third-order valence-corrected chi connectivity index (χ3v) is 11.0. The van der Waals surface area contributed by atoms with E-state index in [1.54, 1.807) is 4.31 Å². The number of carbonyl (C=O) groups is 1. The molecule has 4 bridgehead atoms. The molecule has 1 aromatic rings. The molecule has 5 aliphatic rings. The maximum atomic E-state index is 14.3. The number of hydrogen-bond acceptors (Lipinski definition) is 5. The van der Waals surface area contributed by atoms with E-state index in [2.05, 4.69) is 0 Å². The number of hydrogen-bond donors (Lipinski definition) is 2. The molecule has 6 rings (SSSR count). The molecule has 3 N–H and O–H groups in total. The van der Waals surface area contributed by atoms with Crippen LogP contribution in [0.3, 0.4) is 0 Å². The second-order valence-electron chi connectivity index (χ2n) is 10.5. The molecule has 0 spiro atoms. The molecule has 0 radical (unpaired) electrons. The van der Waals surface area contributed by atoms with Crippen LogP contribution in [0.1, 0.15) is 55.3 Å². The van der Waals surface area contributed by atoms with Gasteiger partial charge in [-0.25, -0.2) is 17.1 Å². The Bertz CT molecular complexity index is 1080. The van der Waals surface area contributed by atoms with Gasteiger partial charge >= 0.3 is 0 Å². The van der Waals surface area contributed by atoms with Crippen molar-refractivity contribution < 1.29 is 27.4 Å². The van der Waals surface area contributed by atoms with Gasteiger partial charge in [-0.2, -0.15) is 0 Å². The van der Waals surface area contributed by atoms with Gasteiger partial charge in [0.05, 0.1) is 21.9 Å². The fourth-order valence-electron chi connectivity index (χ4n) is 7.24. The van der Waals surface area contributed by atoms with Gasteiger partial charge in [-0.05, 0) is 62.3 Å². The lowest BCUT2D eigenvalue weighted by molar-refractivity contribution is -0.133. The van der Waals surface area contributed by atoms with Gasteiger partial charge in [-0.15, -0.1) is 0 Å². The first-order chi connectivity index (χ1) is 15.0. The number of nitrogens with two attached hydrogens (primary N) is 1. The normalized spacial score (nSPS) is 36.2. The summed E-state index contributed by atoms with van der Waals surface area (Å²) in [4.78, 5) is 11.4. The van der Waals surface area contributed by atoms with Gasteiger partial charge in [-0.3, -0.25) is 4.79 Å². The molecule has 1 aliphatic heterocycles. The van der Waals surface area contributed by atoms with E-state index in [0.717, 1.165) is 31.4 Å². The molecular weight excluding hydrogens is 459 g/mol. The van der Waals surface area contributed by atoms with Crippen LogP contribution >= 0.6 is 11.6 Å². The fraction of sp³-hybridized carbons (Fsp3) is 0.682. The Hall–Kier alpha value is -1.42. The highest BCUT2D eigenvalue weighted by Gasteiger charge is 2.68. The number of benzene rings is 1. The van der Waals surface area contributed by atoms with Gasteiger partial charge in [0.15, 0.2) is 0 Å². The Kier molecular flexibility index (Phi) is 5.10. The number of aliphatic hydroxyl groups excluding tert-OH is 1. The SMILES string of the molecule is NC(=O)c1cc(Cl)c(OCC23CC4CC(CO)(C2)CC(S(=O)(=O)N2CCC2)(C4)C3)cc1F. The summed E-state index contributed by atoms with van der Waals surface area (Å²) in [5.41, 5.74) is 3.98. The van der Waals surface area contributed by atoms with E-state index >= 15 is 0 Å². The molecule has 7 nitrogen and oxygen atoms in total. The number of carbonyl (C=O) groups excluding carboxylic acids is 1. The van der Waals surface area contributed by atoms with E-state index in [4.69, 9.17) is 22.1 Å². The van der Waals surface area contributed by atoms with Crippen molar-refractivity contribution in [3.63, 3.8) is 0 Å². The molecule has 32 heavy (non-hydrogen) atoms. The number of sulfonamides is 1. The van der Waals surface area contributed by atoms with E-state index < -0.39 is 37.3 Å². The number of halogens is 2. The smallest absolute Gasteiger partial charge is 0.251 e. The molecule has 4 unspecified atom stereocenters. The zero-order valence-electron chi connectivity index (χ0n) is 17.8. The molecule has 0 aromatic heterocycles. The standard InChI is InChI=1S/C22H28ClFN2O5S/c23-16-4-15(19(25)28)17(24)5-18(16)31-13-21-7-14-6-20(9-21,12-27)10-22(8-14,11-21)32(29,30)26-2-1-3-26/h4-5,14,27H,1-3,6-13H2,(H2,25,28). The van der Waals surface area contributed by atoms with Crippen molar-refractivity contribution in [3.8, 4) is 5.75 Å². The highest BCUT2D eigenvalue weighted by atomic mass is 35.5. The quantitative estimate of drug-likeness (QED) is 0.615. The topological polar surface area (TPSA) is 110 Å². The van der Waals surface area contributed by atoms with E-state index in [1.165, 1.54) is 0 Å². The Morgan fingerprint density at radius 1 is 1.22 bits per heavy atom. The second-order valence-corrected chi connectivity index (χ2v) is 13.3. The molecule has 4 saturated carbocycles. The maximum Gasteiger partial charge on any atom is 0.251 e. The fourth-order valence-corrected chi connectivity index (χ4v) is 10.2. The largest absolute Gasteiger partial charge is 0.491 e. The first-order valence-corrected chi connectivity index (χ1v) is 12.9. The van der Waals surface area contributed by atoms with Crippen LogP contribution in [0.2, 0.25) is 5.02 Å². The molecule has 1 heterocycles. The lowest BCUT2D eigenvalue weighted by Gasteiger charge is -2.66. The van der Waals surface area contributed by atoms with Crippen LogP contribution < -0.4 is 10.5 Å². The number of aliphatic hydroxyl groups is 1. The van der Waals surface area contributed by atoms with Crippen molar-refractivity contribution >= 4 is 27.5 Å². The van der Waals surface area contributed by atoms with Crippen LogP contribution in [0.4, 0.5) is 4.39 Å². The molecule has 176 valence electrons. The van der Waals surface area contributed by atoms with Crippen LogP contribution in [0, 0.1) is 22.6 Å². The predicted molar refractivity (Wildman–Crippen MR) is 116 cm³/mol. The minimum absolute atomic E-state index is 0.0504. The van der Waals surface area contributed by atoms with Crippen molar-refractivity contribution in [2.24, 2.45) is 22.5 Å². The summed E-state index contributed by atoms with van der Waals surface area (Å²) >= 11 is 6.21. The van der Waals surface area contributed by atoms with Crippen molar-refractivity contribution in [3.05, 3.63) is 28.5 Å². The van der Waals surface area contributed by atoms with Crippen LogP contribution in [0.25, 0.3) is 0 Å². The number of amides is 1. The van der Waals surface area contributed by atoms with Crippen molar-refractivity contribution in [1.82, 2.24) is 4.31 Å². The van der Waals surface area contributed by atoms with Gasteiger partial charge < -0.3 is 15.6 Å². The molecule has 1 saturated heterocycles. The Morgan fingerprint density at radius 2 is 1.91 bits per heavy atom. The zero-order chi connectivity index (χ0) is 22.9. The minimum atomic E-state index is -3.49. The van der Waals surface area contributed by atoms with Gasteiger partial charge in [0, 0.05) is 31.2 Å². The summed E-state index contributed by atoms with van der Waals surface area (Å²) in [5.74, 6) is -1.43. The number of ether oxygens (including phenoxy) is 1. The average Bonchev–Trinajstić information content (AvgIpc) is 2.65. The third-order valence-electron chi connectivity index (χ3n) is 8.11. The van der Waals surface area contributed by atoms with E-state index in [0.29, 0.717) is 38.8 Å². The summed E-state index contributed by atoms with van der Waals surface area (Å²) in [5, 5.41) is 10.4. The average molecular weight is 487 g/mol. The first kappa shape index (κ1) is 22.4. The summed E-state index contributed by atoms with van der Waals surface area (Å²) < 4.78 is 48.2. The number of nitrogens with zero attached hydrogens (tertiary/aromatic N) is 1. The molecule has 1 aromatic carbocycles. The Balaban J connectivity index is 1.46. The molecule has 10 heteroatoms. The van der Waals surface area contributed by atoms with Gasteiger partial charge in [0.25, 0.3) is 5.91 Å². The lowest BCUT2D eigenvalue weighted by Crippen LogP contribution is -2.67. The monoisotopic (exact) mass is 486 g/mol. The van der Waals surface area contributed by atoms with Crippen molar-refractivity contribution in [2.45, 2.75) is 49.7 Å². The van der Waals surface area contributed by atoms with Crippen LogP contribution in [-0.2, 0) is 10.0 Å². The summed E-state index contributed by atoms with van der Waals surface area (Å²) in [6, 6.07) is 2.20. The van der Waals surface area contributed by atoms with E-state index in [9.17, 15) is 22.7 Å². The molecular formula is C22H28ClFN2O5S. The highest BCUT2D eigenvalue weighted by molar-refractivity contribution is 7.90. The molecule has 5 fully saturated rings.